The molecule has 2 aliphatic carbocycles. The van der Waals surface area contributed by atoms with Crippen molar-refractivity contribution < 1.29 is 9.53 Å². The largest absolute Gasteiger partial charge is 0.442 e. The van der Waals surface area contributed by atoms with Crippen molar-refractivity contribution in [2.24, 2.45) is 22.4 Å². The normalized spacial score (nSPS) is 32.3. The Balaban J connectivity index is 1.72. The molecule has 4 rings (SSSR count). The van der Waals surface area contributed by atoms with Crippen molar-refractivity contribution in [3.05, 3.63) is 48.6 Å². The molecule has 2 saturated carbocycles. The minimum absolute atomic E-state index is 0.0183. The fourth-order valence-corrected chi connectivity index (χ4v) is 5.63. The predicted octanol–water partition coefficient (Wildman–Crippen LogP) is 5.20. The number of rotatable bonds is 6. The number of benzene rings is 1. The Morgan fingerprint density at radius 3 is 2.81 bits per heavy atom. The lowest BCUT2D eigenvalue weighted by atomic mass is 9.75. The van der Waals surface area contributed by atoms with Crippen molar-refractivity contribution in [2.45, 2.75) is 64.5 Å². The summed E-state index contributed by atoms with van der Waals surface area (Å²) in [6.45, 7) is 10.6. The summed E-state index contributed by atoms with van der Waals surface area (Å²) in [6.07, 6.45) is 6.34. The Labute approximate surface area is 162 Å². The van der Waals surface area contributed by atoms with Crippen molar-refractivity contribution in [1.82, 2.24) is 5.01 Å². The minimum atomic E-state index is -0.287. The van der Waals surface area contributed by atoms with E-state index in [-0.39, 0.29) is 29.1 Å². The van der Waals surface area contributed by atoms with E-state index in [9.17, 15) is 4.79 Å². The summed E-state index contributed by atoms with van der Waals surface area (Å²) < 4.78 is 5.81. The van der Waals surface area contributed by atoms with E-state index >= 15 is 0 Å². The Bertz CT molecular complexity index is 770. The van der Waals surface area contributed by atoms with Crippen LogP contribution in [0.1, 0.15) is 52.0 Å². The van der Waals surface area contributed by atoms with Crippen molar-refractivity contribution in [1.29, 1.82) is 0 Å². The highest BCUT2D eigenvalue weighted by Gasteiger charge is 2.73. The second-order valence-electron chi connectivity index (χ2n) is 8.98. The second-order valence-corrected chi connectivity index (χ2v) is 8.98. The Morgan fingerprint density at radius 2 is 2.15 bits per heavy atom. The van der Waals surface area contributed by atoms with Crippen LogP contribution >= 0.6 is 0 Å². The number of nitrogens with zero attached hydrogens (tertiary/aromatic N) is 2. The molecule has 1 amide bonds. The van der Waals surface area contributed by atoms with Crippen LogP contribution in [0, 0.1) is 17.3 Å². The van der Waals surface area contributed by atoms with Crippen LogP contribution in [0.5, 0.6) is 0 Å². The zero-order valence-electron chi connectivity index (χ0n) is 16.6. The maximum atomic E-state index is 12.8. The molecule has 1 spiro atoms. The van der Waals surface area contributed by atoms with Crippen LogP contribution in [0.15, 0.2) is 48.1 Å². The smallest absolute Gasteiger partial charge is 0.431 e. The van der Waals surface area contributed by atoms with Gasteiger partial charge in [0.15, 0.2) is 0 Å². The fraction of sp³-hybridized carbons (Fsp3) is 0.565. The fourth-order valence-electron chi connectivity index (χ4n) is 5.63. The highest BCUT2D eigenvalue weighted by molar-refractivity contribution is 5.90. The molecule has 3 unspecified atom stereocenters. The van der Waals surface area contributed by atoms with Gasteiger partial charge < -0.3 is 4.74 Å². The summed E-state index contributed by atoms with van der Waals surface area (Å²) >= 11 is 0. The summed E-state index contributed by atoms with van der Waals surface area (Å²) in [7, 11) is 0. The molecule has 1 aromatic carbocycles. The summed E-state index contributed by atoms with van der Waals surface area (Å²) in [5.41, 5.74) is 1.99. The molecule has 3 fully saturated rings. The second kappa shape index (κ2) is 6.50. The first-order chi connectivity index (χ1) is 12.9. The maximum absolute atomic E-state index is 12.8. The lowest BCUT2D eigenvalue weighted by Crippen LogP contribution is -2.53. The van der Waals surface area contributed by atoms with Crippen LogP contribution in [-0.2, 0) is 11.2 Å². The van der Waals surface area contributed by atoms with Gasteiger partial charge in [-0.05, 0) is 48.5 Å². The summed E-state index contributed by atoms with van der Waals surface area (Å²) in [6, 6.07) is 10.3. The SMILES string of the molecule is C=CC[C@@H](C)/C(Cc1ccccc1)=N\N1C(=O)OC2CC3CCC21C3(C)C. The summed E-state index contributed by atoms with van der Waals surface area (Å²) in [5, 5.41) is 6.74. The van der Waals surface area contributed by atoms with Gasteiger partial charge in [-0.1, -0.05) is 57.2 Å². The number of amides is 1. The van der Waals surface area contributed by atoms with E-state index in [1.165, 1.54) is 5.56 Å². The number of ether oxygens (including phenoxy) is 1. The van der Waals surface area contributed by atoms with Gasteiger partial charge in [-0.15, -0.1) is 6.58 Å². The van der Waals surface area contributed by atoms with E-state index in [1.807, 2.05) is 24.3 Å². The summed E-state index contributed by atoms with van der Waals surface area (Å²) in [4.78, 5) is 12.8. The van der Waals surface area contributed by atoms with E-state index in [4.69, 9.17) is 9.84 Å². The first kappa shape index (κ1) is 18.3. The zero-order valence-corrected chi connectivity index (χ0v) is 16.6. The highest BCUT2D eigenvalue weighted by Crippen LogP contribution is 2.65. The number of hydrazone groups is 1. The van der Waals surface area contributed by atoms with Gasteiger partial charge in [-0.2, -0.15) is 10.1 Å². The van der Waals surface area contributed by atoms with Gasteiger partial charge in [0.1, 0.15) is 11.6 Å². The molecular formula is C23H30N2O2. The van der Waals surface area contributed by atoms with E-state index in [2.05, 4.69) is 39.5 Å². The van der Waals surface area contributed by atoms with Gasteiger partial charge in [-0.25, -0.2) is 4.79 Å². The van der Waals surface area contributed by atoms with Crippen molar-refractivity contribution in [2.75, 3.05) is 0 Å². The van der Waals surface area contributed by atoms with E-state index in [0.717, 1.165) is 37.8 Å². The molecule has 1 aromatic rings. The number of hydrogen-bond acceptors (Lipinski definition) is 3. The maximum Gasteiger partial charge on any atom is 0.431 e. The molecule has 3 aliphatic rings. The van der Waals surface area contributed by atoms with Gasteiger partial charge >= 0.3 is 6.09 Å². The average Bonchev–Trinajstić information content (AvgIpc) is 3.15. The molecule has 0 radical (unpaired) electrons. The monoisotopic (exact) mass is 366 g/mol. The van der Waals surface area contributed by atoms with E-state index < -0.39 is 0 Å². The topological polar surface area (TPSA) is 41.9 Å². The highest BCUT2D eigenvalue weighted by atomic mass is 16.6. The van der Waals surface area contributed by atoms with Crippen molar-refractivity contribution in [3.8, 4) is 0 Å². The number of allylic oxidation sites excluding steroid dienone is 1. The number of carbonyl (C=O) groups is 1. The quantitative estimate of drug-likeness (QED) is 0.513. The average molecular weight is 367 g/mol. The predicted molar refractivity (Wildman–Crippen MR) is 108 cm³/mol. The Hall–Kier alpha value is -2.10. The molecule has 4 atom stereocenters. The third-order valence-electron chi connectivity index (χ3n) is 7.38. The number of hydrogen-bond donors (Lipinski definition) is 0. The summed E-state index contributed by atoms with van der Waals surface area (Å²) in [5.74, 6) is 0.837. The first-order valence-electron chi connectivity index (χ1n) is 10.1. The number of fused-ring (bicyclic) bond motifs is 1. The zero-order chi connectivity index (χ0) is 19.2. The van der Waals surface area contributed by atoms with Crippen molar-refractivity contribution in [3.63, 3.8) is 0 Å². The molecular weight excluding hydrogens is 336 g/mol. The molecule has 27 heavy (non-hydrogen) atoms. The molecule has 1 aliphatic heterocycles. The Morgan fingerprint density at radius 1 is 1.41 bits per heavy atom. The van der Waals surface area contributed by atoms with Crippen molar-refractivity contribution >= 4 is 11.8 Å². The molecule has 1 saturated heterocycles. The standard InChI is InChI=1S/C23H30N2O2/c1-5-9-16(2)19(14-17-10-7-6-8-11-17)24-25-21(26)27-20-15-18-12-13-23(20,25)22(18,3)4/h5-8,10-11,16,18,20H,1,9,12-15H2,2-4H3/b24-19-/t16-,18?,20?,23?/m1/s1. The molecule has 4 nitrogen and oxygen atoms in total. The van der Waals surface area contributed by atoms with Gasteiger partial charge in [0.05, 0.1) is 0 Å². The van der Waals surface area contributed by atoms with Crippen LogP contribution < -0.4 is 0 Å². The van der Waals surface area contributed by atoms with Gasteiger partial charge in [0, 0.05) is 12.1 Å². The molecule has 2 bridgehead atoms. The van der Waals surface area contributed by atoms with Gasteiger partial charge in [-0.3, -0.25) is 0 Å². The number of carbonyl (C=O) groups excluding carboxylic acids is 1. The third-order valence-corrected chi connectivity index (χ3v) is 7.38. The van der Waals surface area contributed by atoms with Crippen LogP contribution in [0.25, 0.3) is 0 Å². The third kappa shape index (κ3) is 2.64. The van der Waals surface area contributed by atoms with Gasteiger partial charge in [0.25, 0.3) is 0 Å². The molecule has 0 aromatic heterocycles. The molecule has 4 heteroatoms. The molecule has 1 heterocycles. The van der Waals surface area contributed by atoms with E-state index in [1.54, 1.807) is 5.01 Å². The minimum Gasteiger partial charge on any atom is -0.442 e. The molecule has 0 N–H and O–H groups in total. The lowest BCUT2D eigenvalue weighted by Gasteiger charge is -2.40. The Kier molecular flexibility index (Phi) is 4.40. The van der Waals surface area contributed by atoms with Gasteiger partial charge in [0.2, 0.25) is 0 Å². The van der Waals surface area contributed by atoms with Crippen LogP contribution in [0.2, 0.25) is 0 Å². The molecule has 144 valence electrons. The lowest BCUT2D eigenvalue weighted by molar-refractivity contribution is 0.0566. The van der Waals surface area contributed by atoms with Crippen LogP contribution in [-0.4, -0.2) is 28.5 Å². The first-order valence-corrected chi connectivity index (χ1v) is 10.1. The van der Waals surface area contributed by atoms with E-state index in [0.29, 0.717) is 5.92 Å². The van der Waals surface area contributed by atoms with Crippen LogP contribution in [0.3, 0.4) is 0 Å². The van der Waals surface area contributed by atoms with Crippen LogP contribution in [0.4, 0.5) is 4.79 Å².